The van der Waals surface area contributed by atoms with Gasteiger partial charge >= 0.3 is 0 Å². The number of piperidine rings is 1. The number of hydrogen-bond acceptors (Lipinski definition) is 3. The molecule has 5 heteroatoms. The summed E-state index contributed by atoms with van der Waals surface area (Å²) in [7, 11) is 0. The van der Waals surface area contributed by atoms with Gasteiger partial charge in [0.15, 0.2) is 5.43 Å². The van der Waals surface area contributed by atoms with Crippen LogP contribution in [-0.4, -0.2) is 26.2 Å². The third kappa shape index (κ3) is 4.71. The molecule has 0 amide bonds. The van der Waals surface area contributed by atoms with Crippen LogP contribution in [0.2, 0.25) is 0 Å². The van der Waals surface area contributed by atoms with Crippen LogP contribution in [0.1, 0.15) is 19.3 Å². The van der Waals surface area contributed by atoms with Gasteiger partial charge in [-0.1, -0.05) is 30.3 Å². The molecule has 4 rings (SSSR count). The predicted octanol–water partition coefficient (Wildman–Crippen LogP) is -0.0884. The van der Waals surface area contributed by atoms with Crippen molar-refractivity contribution in [1.29, 1.82) is 0 Å². The quantitative estimate of drug-likeness (QED) is 0.667. The first kappa shape index (κ1) is 19.5. The number of ether oxygens (including phenoxy) is 1. The number of hydrogen-bond donors (Lipinski definition) is 1. The molecule has 0 aliphatic carbocycles. The van der Waals surface area contributed by atoms with E-state index in [4.69, 9.17) is 9.15 Å². The van der Waals surface area contributed by atoms with Crippen molar-refractivity contribution in [2.45, 2.75) is 19.3 Å². The fraction of sp³-hybridized carbons (Fsp3) is 0.318. The lowest BCUT2D eigenvalue weighted by atomic mass is 10.1. The number of quaternary nitrogens is 1. The van der Waals surface area contributed by atoms with Gasteiger partial charge in [-0.2, -0.15) is 0 Å². The summed E-state index contributed by atoms with van der Waals surface area (Å²) in [6.45, 7) is 4.20. The zero-order valence-electron chi connectivity index (χ0n) is 15.2. The maximum absolute atomic E-state index is 12.4. The van der Waals surface area contributed by atoms with E-state index < -0.39 is 0 Å². The summed E-state index contributed by atoms with van der Waals surface area (Å²) in [4.78, 5) is 14.0. The van der Waals surface area contributed by atoms with Crippen molar-refractivity contribution >= 4 is 11.0 Å². The molecule has 0 unspecified atom stereocenters. The van der Waals surface area contributed by atoms with Crippen LogP contribution < -0.4 is 27.5 Å². The van der Waals surface area contributed by atoms with Crippen LogP contribution >= 0.6 is 0 Å². The number of fused-ring (bicyclic) bond motifs is 1. The van der Waals surface area contributed by atoms with Gasteiger partial charge in [0.1, 0.15) is 30.2 Å². The lowest BCUT2D eigenvalue weighted by Gasteiger charge is -2.23. The highest BCUT2D eigenvalue weighted by molar-refractivity contribution is 5.80. The Morgan fingerprint density at radius 2 is 1.74 bits per heavy atom. The van der Waals surface area contributed by atoms with Gasteiger partial charge in [-0.25, -0.2) is 0 Å². The summed E-state index contributed by atoms with van der Waals surface area (Å²) in [6, 6.07) is 16.7. The van der Waals surface area contributed by atoms with Crippen LogP contribution in [0, 0.1) is 0 Å². The molecule has 142 valence electrons. The second-order valence-corrected chi connectivity index (χ2v) is 6.91. The molecule has 1 N–H and O–H groups in total. The minimum absolute atomic E-state index is 0. The van der Waals surface area contributed by atoms with E-state index in [9.17, 15) is 4.79 Å². The van der Waals surface area contributed by atoms with Gasteiger partial charge in [-0.05, 0) is 31.4 Å². The molecule has 1 fully saturated rings. The van der Waals surface area contributed by atoms with Crippen molar-refractivity contribution in [3.63, 3.8) is 0 Å². The average Bonchev–Trinajstić information content (AvgIpc) is 2.69. The first-order valence-electron chi connectivity index (χ1n) is 9.39. The number of nitrogens with one attached hydrogen (secondary N) is 1. The van der Waals surface area contributed by atoms with Gasteiger partial charge in [0.05, 0.1) is 18.5 Å². The van der Waals surface area contributed by atoms with Crippen LogP contribution in [0.4, 0.5) is 0 Å². The molecular formula is C22H24ClNO3. The van der Waals surface area contributed by atoms with E-state index in [2.05, 4.69) is 0 Å². The predicted molar refractivity (Wildman–Crippen MR) is 103 cm³/mol. The number of halogens is 1. The van der Waals surface area contributed by atoms with Crippen molar-refractivity contribution in [2.75, 3.05) is 26.2 Å². The van der Waals surface area contributed by atoms with E-state index in [-0.39, 0.29) is 17.8 Å². The first-order chi connectivity index (χ1) is 12.8. The van der Waals surface area contributed by atoms with Crippen LogP contribution in [-0.2, 0) is 0 Å². The van der Waals surface area contributed by atoms with Gasteiger partial charge in [0.2, 0.25) is 0 Å². The zero-order chi connectivity index (χ0) is 17.8. The Morgan fingerprint density at radius 3 is 2.52 bits per heavy atom. The van der Waals surface area contributed by atoms with Gasteiger partial charge < -0.3 is 26.5 Å². The topological polar surface area (TPSA) is 43.9 Å². The molecular weight excluding hydrogens is 362 g/mol. The molecule has 0 radical (unpaired) electrons. The lowest BCUT2D eigenvalue weighted by molar-refractivity contribution is -0.904. The van der Waals surface area contributed by atoms with Crippen molar-refractivity contribution in [3.05, 3.63) is 64.8 Å². The third-order valence-corrected chi connectivity index (χ3v) is 5.04. The van der Waals surface area contributed by atoms with E-state index in [0.717, 1.165) is 17.9 Å². The summed E-state index contributed by atoms with van der Waals surface area (Å²) >= 11 is 0. The molecule has 0 spiro atoms. The molecule has 1 saturated heterocycles. The summed E-state index contributed by atoms with van der Waals surface area (Å²) in [5.74, 6) is 1.33. The monoisotopic (exact) mass is 385 g/mol. The molecule has 3 aromatic rings. The van der Waals surface area contributed by atoms with Crippen molar-refractivity contribution < 1.29 is 26.5 Å². The smallest absolute Gasteiger partial charge is 0.193 e. The Balaban J connectivity index is 0.00000210. The largest absolute Gasteiger partial charge is 1.00 e. The molecule has 4 nitrogen and oxygen atoms in total. The third-order valence-electron chi connectivity index (χ3n) is 5.04. The number of rotatable bonds is 5. The summed E-state index contributed by atoms with van der Waals surface area (Å²) in [5, 5.41) is 0.582. The maximum atomic E-state index is 12.4. The van der Waals surface area contributed by atoms with E-state index in [1.54, 1.807) is 17.0 Å². The first-order valence-corrected chi connectivity index (χ1v) is 9.39. The van der Waals surface area contributed by atoms with Gasteiger partial charge in [-0.3, -0.25) is 4.79 Å². The number of benzene rings is 2. The van der Waals surface area contributed by atoms with Crippen LogP contribution in [0.25, 0.3) is 22.3 Å². The standard InChI is InChI=1S/C22H23NO3.ClH/c24-20-16-21(17-7-3-1-4-8-17)26-22-15-18(9-10-19(20)22)25-14-13-23-11-5-2-6-12-23;/h1,3-4,7-10,15-16H,2,5-6,11-14H2;1H. The Bertz CT molecular complexity index is 933. The zero-order valence-corrected chi connectivity index (χ0v) is 16.0. The molecule has 1 aliphatic rings. The van der Waals surface area contributed by atoms with E-state index >= 15 is 0 Å². The maximum Gasteiger partial charge on any atom is 0.193 e. The van der Waals surface area contributed by atoms with E-state index in [1.807, 2.05) is 42.5 Å². The summed E-state index contributed by atoms with van der Waals surface area (Å²) < 4.78 is 11.9. The second-order valence-electron chi connectivity index (χ2n) is 6.91. The molecule has 1 aromatic heterocycles. The summed E-state index contributed by atoms with van der Waals surface area (Å²) in [5.41, 5.74) is 1.43. The average molecular weight is 386 g/mol. The number of likely N-dealkylation sites (tertiary alicyclic amines) is 1. The Hall–Kier alpha value is -2.30. The fourth-order valence-corrected chi connectivity index (χ4v) is 3.58. The normalized spacial score (nSPS) is 14.7. The van der Waals surface area contributed by atoms with Crippen molar-refractivity contribution in [1.82, 2.24) is 0 Å². The van der Waals surface area contributed by atoms with E-state index in [1.165, 1.54) is 32.4 Å². The van der Waals surface area contributed by atoms with Crippen molar-refractivity contribution in [3.8, 4) is 17.1 Å². The Kier molecular flexibility index (Phi) is 6.54. The van der Waals surface area contributed by atoms with Gasteiger partial charge in [0, 0.05) is 17.7 Å². The second kappa shape index (κ2) is 9.07. The molecule has 2 heterocycles. The highest BCUT2D eigenvalue weighted by Gasteiger charge is 2.13. The highest BCUT2D eigenvalue weighted by atomic mass is 35.5. The SMILES string of the molecule is O=c1cc(-c2ccccc2)oc2cc(OCC[NH+]3CCCCC3)ccc12.[Cl-]. The van der Waals surface area contributed by atoms with Crippen molar-refractivity contribution in [2.24, 2.45) is 0 Å². The lowest BCUT2D eigenvalue weighted by Crippen LogP contribution is -3.13. The molecule has 27 heavy (non-hydrogen) atoms. The van der Waals surface area contributed by atoms with Crippen LogP contribution in [0.15, 0.2) is 63.8 Å². The minimum atomic E-state index is -0.0329. The molecule has 2 aromatic carbocycles. The van der Waals surface area contributed by atoms with Crippen LogP contribution in [0.5, 0.6) is 5.75 Å². The fourth-order valence-electron chi connectivity index (χ4n) is 3.58. The summed E-state index contributed by atoms with van der Waals surface area (Å²) in [6.07, 6.45) is 4.00. The van der Waals surface area contributed by atoms with Gasteiger partial charge in [0.25, 0.3) is 0 Å². The molecule has 0 saturated carbocycles. The van der Waals surface area contributed by atoms with Gasteiger partial charge in [-0.15, -0.1) is 0 Å². The molecule has 0 atom stereocenters. The molecule has 1 aliphatic heterocycles. The Labute approximate surface area is 165 Å². The highest BCUT2D eigenvalue weighted by Crippen LogP contribution is 2.24. The van der Waals surface area contributed by atoms with Crippen LogP contribution in [0.3, 0.4) is 0 Å². The molecule has 0 bridgehead atoms. The minimum Gasteiger partial charge on any atom is -1.00 e. The van der Waals surface area contributed by atoms with E-state index in [0.29, 0.717) is 23.3 Å². The Morgan fingerprint density at radius 1 is 0.963 bits per heavy atom.